The Hall–Kier alpha value is -3.79. The van der Waals surface area contributed by atoms with Crippen molar-refractivity contribution in [1.82, 2.24) is 0 Å². The van der Waals surface area contributed by atoms with Gasteiger partial charge in [-0.2, -0.15) is 0 Å². The first-order valence-electron chi connectivity index (χ1n) is 9.79. The van der Waals surface area contributed by atoms with Gasteiger partial charge in [-0.15, -0.1) is 0 Å². The summed E-state index contributed by atoms with van der Waals surface area (Å²) in [5.74, 6) is 1.47. The van der Waals surface area contributed by atoms with E-state index in [9.17, 15) is 4.79 Å². The Morgan fingerprint density at radius 1 is 0.867 bits per heavy atom. The van der Waals surface area contributed by atoms with Crippen LogP contribution in [0.15, 0.2) is 84.9 Å². The van der Waals surface area contributed by atoms with Gasteiger partial charge in [0.15, 0.2) is 0 Å². The maximum absolute atomic E-state index is 10.8. The molecule has 4 heteroatoms. The number of methoxy groups -OCH3 is 1. The summed E-state index contributed by atoms with van der Waals surface area (Å²) >= 11 is 0. The van der Waals surface area contributed by atoms with Crippen molar-refractivity contribution in [2.75, 3.05) is 7.11 Å². The second kappa shape index (κ2) is 8.70. The Labute approximate surface area is 175 Å². The van der Waals surface area contributed by atoms with Gasteiger partial charge >= 0.3 is 5.97 Å². The van der Waals surface area contributed by atoms with Crippen LogP contribution in [0.4, 0.5) is 0 Å². The van der Waals surface area contributed by atoms with E-state index >= 15 is 0 Å². The minimum atomic E-state index is -0.797. The standard InChI is InChI=1S/C26H22O4/c1-29-22-7-4-6-20(17-22)24-15-12-19-5-2-3-8-23(19)26(24)30-21-13-9-18(10-14-21)11-16-25(27)28/h2-10,12-15,17H,11,16H2,1H3,(H,27,28). The third-order valence-corrected chi connectivity index (χ3v) is 5.03. The SMILES string of the molecule is COc1cccc(-c2ccc3ccccc3c2Oc2ccc(CCC(=O)O)cc2)c1. The number of benzene rings is 4. The molecule has 0 spiro atoms. The van der Waals surface area contributed by atoms with E-state index in [4.69, 9.17) is 14.6 Å². The highest BCUT2D eigenvalue weighted by Crippen LogP contribution is 2.40. The molecule has 0 amide bonds. The quantitative estimate of drug-likeness (QED) is 0.395. The molecule has 4 aromatic rings. The Bertz CT molecular complexity index is 1180. The first kappa shape index (κ1) is 19.5. The summed E-state index contributed by atoms with van der Waals surface area (Å²) in [4.78, 5) is 10.8. The molecule has 4 aromatic carbocycles. The Balaban J connectivity index is 1.74. The van der Waals surface area contributed by atoms with Crippen molar-refractivity contribution in [3.8, 4) is 28.4 Å². The van der Waals surface area contributed by atoms with E-state index in [-0.39, 0.29) is 6.42 Å². The van der Waals surface area contributed by atoms with Gasteiger partial charge < -0.3 is 14.6 Å². The second-order valence-electron chi connectivity index (χ2n) is 7.04. The van der Waals surface area contributed by atoms with E-state index in [2.05, 4.69) is 24.3 Å². The van der Waals surface area contributed by atoms with E-state index in [1.165, 1.54) is 0 Å². The molecule has 0 aliphatic heterocycles. The maximum Gasteiger partial charge on any atom is 0.303 e. The van der Waals surface area contributed by atoms with E-state index in [1.807, 2.05) is 60.7 Å². The van der Waals surface area contributed by atoms with Crippen LogP contribution in [0.3, 0.4) is 0 Å². The first-order valence-corrected chi connectivity index (χ1v) is 9.79. The number of rotatable bonds is 7. The number of fused-ring (bicyclic) bond motifs is 1. The van der Waals surface area contributed by atoms with Gasteiger partial charge in [0.2, 0.25) is 0 Å². The molecule has 30 heavy (non-hydrogen) atoms. The zero-order chi connectivity index (χ0) is 20.9. The van der Waals surface area contributed by atoms with Gasteiger partial charge in [0.05, 0.1) is 7.11 Å². The van der Waals surface area contributed by atoms with Gasteiger partial charge in [0, 0.05) is 17.4 Å². The van der Waals surface area contributed by atoms with Crippen LogP contribution in [-0.2, 0) is 11.2 Å². The smallest absolute Gasteiger partial charge is 0.303 e. The van der Waals surface area contributed by atoms with Crippen LogP contribution in [0, 0.1) is 0 Å². The number of hydrogen-bond donors (Lipinski definition) is 1. The molecule has 0 aliphatic carbocycles. The second-order valence-corrected chi connectivity index (χ2v) is 7.04. The molecule has 0 saturated heterocycles. The highest BCUT2D eigenvalue weighted by atomic mass is 16.5. The molecule has 4 nitrogen and oxygen atoms in total. The summed E-state index contributed by atoms with van der Waals surface area (Å²) in [5.41, 5.74) is 2.95. The maximum atomic E-state index is 10.8. The van der Waals surface area contributed by atoms with E-state index < -0.39 is 5.97 Å². The van der Waals surface area contributed by atoms with E-state index in [1.54, 1.807) is 7.11 Å². The van der Waals surface area contributed by atoms with Crippen molar-refractivity contribution in [2.45, 2.75) is 12.8 Å². The predicted molar refractivity (Wildman–Crippen MR) is 118 cm³/mol. The molecule has 0 heterocycles. The fourth-order valence-electron chi connectivity index (χ4n) is 3.46. The summed E-state index contributed by atoms with van der Waals surface area (Å²) in [6.45, 7) is 0. The third-order valence-electron chi connectivity index (χ3n) is 5.03. The average Bonchev–Trinajstić information content (AvgIpc) is 2.79. The number of carboxylic acid groups (broad SMARTS) is 1. The molecule has 0 saturated carbocycles. The number of hydrogen-bond acceptors (Lipinski definition) is 3. The highest BCUT2D eigenvalue weighted by Gasteiger charge is 2.13. The topological polar surface area (TPSA) is 55.8 Å². The number of carboxylic acids is 1. The molecular weight excluding hydrogens is 376 g/mol. The lowest BCUT2D eigenvalue weighted by Crippen LogP contribution is -1.97. The van der Waals surface area contributed by atoms with Crippen LogP contribution < -0.4 is 9.47 Å². The van der Waals surface area contributed by atoms with Crippen LogP contribution in [0.2, 0.25) is 0 Å². The Morgan fingerprint density at radius 3 is 2.43 bits per heavy atom. The van der Waals surface area contributed by atoms with E-state index in [0.717, 1.165) is 39.0 Å². The number of aryl methyl sites for hydroxylation is 1. The van der Waals surface area contributed by atoms with Crippen molar-refractivity contribution in [3.05, 3.63) is 90.5 Å². The van der Waals surface area contributed by atoms with Crippen molar-refractivity contribution >= 4 is 16.7 Å². The largest absolute Gasteiger partial charge is 0.497 e. The highest BCUT2D eigenvalue weighted by molar-refractivity contribution is 5.95. The normalized spacial score (nSPS) is 10.7. The van der Waals surface area contributed by atoms with Crippen LogP contribution in [0.25, 0.3) is 21.9 Å². The van der Waals surface area contributed by atoms with Gasteiger partial charge in [-0.1, -0.05) is 54.6 Å². The lowest BCUT2D eigenvalue weighted by Gasteiger charge is -2.15. The van der Waals surface area contributed by atoms with E-state index in [0.29, 0.717) is 12.2 Å². The number of ether oxygens (including phenoxy) is 2. The van der Waals surface area contributed by atoms with Gasteiger partial charge in [-0.3, -0.25) is 4.79 Å². The van der Waals surface area contributed by atoms with Gasteiger partial charge in [0.1, 0.15) is 17.2 Å². The number of carbonyl (C=O) groups is 1. The average molecular weight is 398 g/mol. The molecule has 0 bridgehead atoms. The summed E-state index contributed by atoms with van der Waals surface area (Å²) in [6, 6.07) is 27.8. The molecule has 0 radical (unpaired) electrons. The molecule has 0 unspecified atom stereocenters. The van der Waals surface area contributed by atoms with Crippen LogP contribution in [-0.4, -0.2) is 18.2 Å². The fraction of sp³-hybridized carbons (Fsp3) is 0.115. The van der Waals surface area contributed by atoms with Crippen molar-refractivity contribution in [1.29, 1.82) is 0 Å². The summed E-state index contributed by atoms with van der Waals surface area (Å²) < 4.78 is 11.8. The summed E-state index contributed by atoms with van der Waals surface area (Å²) in [7, 11) is 1.66. The molecule has 150 valence electrons. The molecule has 0 fully saturated rings. The third kappa shape index (κ3) is 4.28. The van der Waals surface area contributed by atoms with Crippen LogP contribution in [0.1, 0.15) is 12.0 Å². The van der Waals surface area contributed by atoms with Gasteiger partial charge in [0.25, 0.3) is 0 Å². The number of aliphatic carboxylic acids is 1. The zero-order valence-electron chi connectivity index (χ0n) is 16.7. The van der Waals surface area contributed by atoms with Crippen molar-refractivity contribution < 1.29 is 19.4 Å². The lowest BCUT2D eigenvalue weighted by atomic mass is 9.99. The van der Waals surface area contributed by atoms with Crippen LogP contribution >= 0.6 is 0 Å². The Kier molecular flexibility index (Phi) is 5.66. The molecular formula is C26H22O4. The minimum Gasteiger partial charge on any atom is -0.497 e. The van der Waals surface area contributed by atoms with Crippen molar-refractivity contribution in [2.24, 2.45) is 0 Å². The minimum absolute atomic E-state index is 0.115. The molecule has 1 N–H and O–H groups in total. The first-order chi connectivity index (χ1) is 14.6. The zero-order valence-corrected chi connectivity index (χ0v) is 16.7. The molecule has 4 rings (SSSR count). The molecule has 0 aromatic heterocycles. The molecule has 0 atom stereocenters. The monoisotopic (exact) mass is 398 g/mol. The summed E-state index contributed by atoms with van der Waals surface area (Å²) in [5, 5.41) is 11.0. The lowest BCUT2D eigenvalue weighted by molar-refractivity contribution is -0.136. The Morgan fingerprint density at radius 2 is 1.67 bits per heavy atom. The molecule has 0 aliphatic rings. The van der Waals surface area contributed by atoms with Gasteiger partial charge in [-0.25, -0.2) is 0 Å². The van der Waals surface area contributed by atoms with Crippen molar-refractivity contribution in [3.63, 3.8) is 0 Å². The fourth-order valence-corrected chi connectivity index (χ4v) is 3.46. The van der Waals surface area contributed by atoms with Gasteiger partial charge in [-0.05, 0) is 53.3 Å². The predicted octanol–water partition coefficient (Wildman–Crippen LogP) is 6.32. The van der Waals surface area contributed by atoms with Crippen LogP contribution in [0.5, 0.6) is 17.2 Å². The summed E-state index contributed by atoms with van der Waals surface area (Å²) in [6.07, 6.45) is 0.614.